The fraction of sp³-hybridized carbons (Fsp3) is 0.500. The quantitative estimate of drug-likeness (QED) is 0.829. The predicted octanol–water partition coefficient (Wildman–Crippen LogP) is 3.09. The zero-order chi connectivity index (χ0) is 12.9. The molecular weight excluding hydrogens is 212 g/mol. The molecule has 0 aliphatic carbocycles. The van der Waals surface area contributed by atoms with Crippen molar-refractivity contribution in [2.45, 2.75) is 33.7 Å². The van der Waals surface area contributed by atoms with Gasteiger partial charge in [-0.2, -0.15) is 0 Å². The summed E-state index contributed by atoms with van der Waals surface area (Å²) in [5.41, 5.74) is 1.11. The zero-order valence-corrected chi connectivity index (χ0v) is 11.1. The van der Waals surface area contributed by atoms with Gasteiger partial charge in [0.2, 0.25) is 0 Å². The Morgan fingerprint density at radius 2 is 1.82 bits per heavy atom. The number of hydrogen-bond donors (Lipinski definition) is 2. The minimum atomic E-state index is -0.115. The summed E-state index contributed by atoms with van der Waals surface area (Å²) in [6.45, 7) is 8.91. The first-order chi connectivity index (χ1) is 7.95. The number of amides is 2. The summed E-state index contributed by atoms with van der Waals surface area (Å²) in [6.07, 6.45) is 0. The molecule has 0 heterocycles. The molecule has 0 bridgehead atoms. The van der Waals surface area contributed by atoms with Gasteiger partial charge >= 0.3 is 6.03 Å². The second kappa shape index (κ2) is 5.71. The van der Waals surface area contributed by atoms with E-state index in [1.54, 1.807) is 0 Å². The van der Waals surface area contributed by atoms with Gasteiger partial charge in [0, 0.05) is 6.54 Å². The van der Waals surface area contributed by atoms with Crippen LogP contribution >= 0.6 is 0 Å². The molecule has 17 heavy (non-hydrogen) atoms. The van der Waals surface area contributed by atoms with E-state index < -0.39 is 0 Å². The number of nitrogens with one attached hydrogen (secondary N) is 2. The maximum atomic E-state index is 11.7. The summed E-state index contributed by atoms with van der Waals surface area (Å²) >= 11 is 0. The summed E-state index contributed by atoms with van der Waals surface area (Å²) in [4.78, 5) is 11.7. The summed E-state index contributed by atoms with van der Waals surface area (Å²) in [7, 11) is 0. The Kier molecular flexibility index (Phi) is 4.55. The molecule has 2 amide bonds. The van der Waals surface area contributed by atoms with Crippen molar-refractivity contribution in [3.63, 3.8) is 0 Å². The van der Waals surface area contributed by atoms with E-state index >= 15 is 0 Å². The van der Waals surface area contributed by atoms with Crippen LogP contribution in [-0.2, 0) is 0 Å². The van der Waals surface area contributed by atoms with Crippen LogP contribution in [0.3, 0.4) is 0 Å². The van der Waals surface area contributed by atoms with Crippen LogP contribution in [-0.4, -0.2) is 12.6 Å². The lowest BCUT2D eigenvalue weighted by Crippen LogP contribution is -2.42. The van der Waals surface area contributed by atoms with E-state index in [-0.39, 0.29) is 17.5 Å². The van der Waals surface area contributed by atoms with E-state index in [1.807, 2.05) is 37.3 Å². The van der Waals surface area contributed by atoms with Crippen LogP contribution in [0.4, 0.5) is 4.79 Å². The van der Waals surface area contributed by atoms with Gasteiger partial charge in [0.05, 0.1) is 6.04 Å². The smallest absolute Gasteiger partial charge is 0.315 e. The lowest BCUT2D eigenvalue weighted by atomic mass is 9.82. The molecule has 0 aliphatic heterocycles. The third-order valence-electron chi connectivity index (χ3n) is 2.61. The summed E-state index contributed by atoms with van der Waals surface area (Å²) in [5.74, 6) is 0. The summed E-state index contributed by atoms with van der Waals surface area (Å²) in [5, 5.41) is 5.79. The molecule has 0 radical (unpaired) electrons. The molecule has 3 heteroatoms. The maximum Gasteiger partial charge on any atom is 0.315 e. The molecule has 0 saturated carbocycles. The van der Waals surface area contributed by atoms with Crippen molar-refractivity contribution in [3.05, 3.63) is 35.9 Å². The highest BCUT2D eigenvalue weighted by atomic mass is 16.2. The summed E-state index contributed by atoms with van der Waals surface area (Å²) < 4.78 is 0. The molecule has 1 atom stereocenters. The number of carbonyl (C=O) groups excluding carboxylic acids is 1. The minimum absolute atomic E-state index is 0.00949. The highest BCUT2D eigenvalue weighted by Crippen LogP contribution is 2.32. The monoisotopic (exact) mass is 234 g/mol. The molecule has 0 fully saturated rings. The SMILES string of the molecule is CCNC(=O)N[C@H](c1ccccc1)C(C)(C)C. The van der Waals surface area contributed by atoms with Crippen LogP contribution in [0.2, 0.25) is 0 Å². The van der Waals surface area contributed by atoms with Gasteiger partial charge in [0.1, 0.15) is 0 Å². The largest absolute Gasteiger partial charge is 0.338 e. The van der Waals surface area contributed by atoms with Crippen molar-refractivity contribution in [3.8, 4) is 0 Å². The Balaban J connectivity index is 2.87. The second-order valence-corrected chi connectivity index (χ2v) is 5.21. The molecule has 0 aromatic heterocycles. The van der Waals surface area contributed by atoms with E-state index in [0.29, 0.717) is 6.54 Å². The van der Waals surface area contributed by atoms with Gasteiger partial charge in [0.25, 0.3) is 0 Å². The van der Waals surface area contributed by atoms with Gasteiger partial charge in [-0.15, -0.1) is 0 Å². The van der Waals surface area contributed by atoms with Gasteiger partial charge in [-0.25, -0.2) is 4.79 Å². The molecule has 0 saturated heterocycles. The number of urea groups is 1. The third kappa shape index (κ3) is 4.10. The Morgan fingerprint density at radius 1 is 1.24 bits per heavy atom. The van der Waals surface area contributed by atoms with Crippen LogP contribution in [0.5, 0.6) is 0 Å². The van der Waals surface area contributed by atoms with Gasteiger partial charge in [-0.1, -0.05) is 51.1 Å². The van der Waals surface area contributed by atoms with E-state index in [9.17, 15) is 4.79 Å². The number of carbonyl (C=O) groups is 1. The van der Waals surface area contributed by atoms with Gasteiger partial charge < -0.3 is 10.6 Å². The van der Waals surface area contributed by atoms with Gasteiger partial charge in [-0.3, -0.25) is 0 Å². The van der Waals surface area contributed by atoms with Crippen LogP contribution < -0.4 is 10.6 Å². The van der Waals surface area contributed by atoms with Crippen molar-refractivity contribution in [2.75, 3.05) is 6.54 Å². The molecule has 0 spiro atoms. The molecule has 1 rings (SSSR count). The minimum Gasteiger partial charge on any atom is -0.338 e. The van der Waals surface area contributed by atoms with Crippen molar-refractivity contribution < 1.29 is 4.79 Å². The highest BCUT2D eigenvalue weighted by molar-refractivity contribution is 5.74. The molecule has 3 nitrogen and oxygen atoms in total. The Hall–Kier alpha value is -1.51. The summed E-state index contributed by atoms with van der Waals surface area (Å²) in [6, 6.07) is 9.95. The molecular formula is C14H22N2O. The van der Waals surface area contributed by atoms with E-state index in [2.05, 4.69) is 31.4 Å². The van der Waals surface area contributed by atoms with Crippen molar-refractivity contribution in [1.29, 1.82) is 0 Å². The molecule has 2 N–H and O–H groups in total. The molecule has 1 aromatic rings. The van der Waals surface area contributed by atoms with E-state index in [4.69, 9.17) is 0 Å². The number of hydrogen-bond acceptors (Lipinski definition) is 1. The first kappa shape index (κ1) is 13.6. The third-order valence-corrected chi connectivity index (χ3v) is 2.61. The van der Waals surface area contributed by atoms with Crippen molar-refractivity contribution in [2.24, 2.45) is 5.41 Å². The Bertz CT molecular complexity index is 354. The maximum absolute atomic E-state index is 11.7. The average Bonchev–Trinajstić information content (AvgIpc) is 2.26. The van der Waals surface area contributed by atoms with Crippen LogP contribution in [0.1, 0.15) is 39.3 Å². The lowest BCUT2D eigenvalue weighted by Gasteiger charge is -2.32. The molecule has 0 aliphatic rings. The first-order valence-corrected chi connectivity index (χ1v) is 6.04. The molecule has 94 valence electrons. The first-order valence-electron chi connectivity index (χ1n) is 6.04. The fourth-order valence-corrected chi connectivity index (χ4v) is 1.79. The fourth-order valence-electron chi connectivity index (χ4n) is 1.79. The predicted molar refractivity (Wildman–Crippen MR) is 70.8 cm³/mol. The zero-order valence-electron chi connectivity index (χ0n) is 11.1. The topological polar surface area (TPSA) is 41.1 Å². The van der Waals surface area contributed by atoms with Gasteiger partial charge in [-0.05, 0) is 17.9 Å². The van der Waals surface area contributed by atoms with E-state index in [0.717, 1.165) is 5.56 Å². The van der Waals surface area contributed by atoms with Crippen molar-refractivity contribution in [1.82, 2.24) is 10.6 Å². The second-order valence-electron chi connectivity index (χ2n) is 5.21. The van der Waals surface area contributed by atoms with Gasteiger partial charge in [0.15, 0.2) is 0 Å². The van der Waals surface area contributed by atoms with Crippen LogP contribution in [0.25, 0.3) is 0 Å². The van der Waals surface area contributed by atoms with Crippen LogP contribution in [0, 0.1) is 5.41 Å². The highest BCUT2D eigenvalue weighted by Gasteiger charge is 2.27. The lowest BCUT2D eigenvalue weighted by molar-refractivity contribution is 0.219. The average molecular weight is 234 g/mol. The van der Waals surface area contributed by atoms with Crippen molar-refractivity contribution >= 4 is 6.03 Å². The molecule has 1 aromatic carbocycles. The number of benzene rings is 1. The van der Waals surface area contributed by atoms with Crippen LogP contribution in [0.15, 0.2) is 30.3 Å². The Labute approximate surface area is 104 Å². The normalized spacial score (nSPS) is 12.9. The molecule has 0 unspecified atom stereocenters. The number of rotatable bonds is 3. The standard InChI is InChI=1S/C14H22N2O/c1-5-15-13(17)16-12(14(2,3)4)11-9-7-6-8-10-11/h6-10,12H,5H2,1-4H3,(H2,15,16,17)/t12-/m1/s1. The Morgan fingerprint density at radius 3 is 2.29 bits per heavy atom. The van der Waals surface area contributed by atoms with E-state index in [1.165, 1.54) is 0 Å².